The van der Waals surface area contributed by atoms with Crippen molar-refractivity contribution in [3.05, 3.63) is 11.8 Å². The molecular weight excluding hydrogens is 288 g/mol. The average molecular weight is 318 g/mol. The van der Waals surface area contributed by atoms with E-state index in [1.807, 2.05) is 0 Å². The van der Waals surface area contributed by atoms with Crippen LogP contribution in [0.25, 0.3) is 0 Å². The van der Waals surface area contributed by atoms with Gasteiger partial charge in [0, 0.05) is 12.0 Å². The van der Waals surface area contributed by atoms with Crippen molar-refractivity contribution in [2.75, 3.05) is 0 Å². The predicted molar refractivity (Wildman–Crippen MR) is 88.8 cm³/mol. The SMILES string of the molecule is C[C@]12CC(=CO)C(=O)C[C@@H]1CC[C@@H]1[C@H]2CC[C@]2(C)[C@@H](O)CC[C@@H]12. The average Bonchev–Trinajstić information content (AvgIpc) is 2.83. The van der Waals surface area contributed by atoms with Crippen LogP contribution in [0.2, 0.25) is 0 Å². The second-order valence-electron chi connectivity index (χ2n) is 9.25. The van der Waals surface area contributed by atoms with Crippen LogP contribution in [-0.2, 0) is 4.79 Å². The lowest BCUT2D eigenvalue weighted by Crippen LogP contribution is -2.54. The molecule has 0 radical (unpaired) electrons. The second-order valence-corrected chi connectivity index (χ2v) is 9.25. The number of Topliss-reactive ketones (excluding diaryl/α,β-unsaturated/α-hetero) is 1. The lowest BCUT2D eigenvalue weighted by molar-refractivity contribution is -0.135. The fourth-order valence-electron chi connectivity index (χ4n) is 7.10. The standard InChI is InChI=1S/C20H30O3/c1-19-8-7-16-14(15(19)5-6-18(19)23)4-3-13-9-17(22)12(11-21)10-20(13,16)2/h11,13-16,18,21,23H,3-10H2,1-2H3/t13-,14-,15-,16+,18-,19-,20-/m0/s1. The third-order valence-electron chi connectivity index (χ3n) is 8.53. The first-order chi connectivity index (χ1) is 10.9. The van der Waals surface area contributed by atoms with E-state index in [1.54, 1.807) is 0 Å². The van der Waals surface area contributed by atoms with Gasteiger partial charge < -0.3 is 10.2 Å². The number of allylic oxidation sites excluding steroid dienone is 1. The third kappa shape index (κ3) is 2.01. The molecule has 4 aliphatic rings. The summed E-state index contributed by atoms with van der Waals surface area (Å²) in [4.78, 5) is 12.2. The molecule has 0 amide bonds. The minimum Gasteiger partial charge on any atom is -0.515 e. The van der Waals surface area contributed by atoms with Gasteiger partial charge in [0.25, 0.3) is 0 Å². The summed E-state index contributed by atoms with van der Waals surface area (Å²) in [7, 11) is 0. The minimum atomic E-state index is -0.125. The van der Waals surface area contributed by atoms with Crippen molar-refractivity contribution in [1.82, 2.24) is 0 Å². The zero-order valence-corrected chi connectivity index (χ0v) is 14.4. The molecule has 0 aromatic rings. The van der Waals surface area contributed by atoms with Crippen LogP contribution in [0, 0.1) is 34.5 Å². The molecule has 4 aliphatic carbocycles. The molecule has 0 aromatic carbocycles. The Morgan fingerprint density at radius 1 is 1.04 bits per heavy atom. The molecule has 0 heterocycles. The van der Waals surface area contributed by atoms with Crippen molar-refractivity contribution in [3.63, 3.8) is 0 Å². The van der Waals surface area contributed by atoms with Crippen molar-refractivity contribution in [2.24, 2.45) is 34.5 Å². The van der Waals surface area contributed by atoms with Crippen molar-refractivity contribution in [1.29, 1.82) is 0 Å². The van der Waals surface area contributed by atoms with Crippen LogP contribution in [0.5, 0.6) is 0 Å². The maximum Gasteiger partial charge on any atom is 0.162 e. The molecule has 128 valence electrons. The largest absolute Gasteiger partial charge is 0.515 e. The summed E-state index contributed by atoms with van der Waals surface area (Å²) in [5.74, 6) is 2.63. The van der Waals surface area contributed by atoms with E-state index < -0.39 is 0 Å². The van der Waals surface area contributed by atoms with E-state index in [0.717, 1.165) is 31.9 Å². The molecule has 2 N–H and O–H groups in total. The number of aliphatic hydroxyl groups excluding tert-OH is 2. The summed E-state index contributed by atoms with van der Waals surface area (Å²) in [6.07, 6.45) is 9.11. The smallest absolute Gasteiger partial charge is 0.162 e. The first-order valence-electron chi connectivity index (χ1n) is 9.44. The molecule has 0 aromatic heterocycles. The molecule has 3 nitrogen and oxygen atoms in total. The molecule has 4 saturated carbocycles. The van der Waals surface area contributed by atoms with Gasteiger partial charge in [-0.25, -0.2) is 0 Å². The Labute approximate surface area is 139 Å². The van der Waals surface area contributed by atoms with E-state index in [-0.39, 0.29) is 22.7 Å². The zero-order chi connectivity index (χ0) is 16.4. The van der Waals surface area contributed by atoms with E-state index in [9.17, 15) is 15.0 Å². The lowest BCUT2D eigenvalue weighted by Gasteiger charge is -2.60. The molecular formula is C20H30O3. The van der Waals surface area contributed by atoms with Crippen LogP contribution in [0.3, 0.4) is 0 Å². The molecule has 0 saturated heterocycles. The highest BCUT2D eigenvalue weighted by atomic mass is 16.3. The summed E-state index contributed by atoms with van der Waals surface area (Å²) in [5, 5.41) is 20.0. The van der Waals surface area contributed by atoms with Crippen molar-refractivity contribution < 1.29 is 15.0 Å². The van der Waals surface area contributed by atoms with Gasteiger partial charge in [-0.2, -0.15) is 0 Å². The Morgan fingerprint density at radius 3 is 2.52 bits per heavy atom. The van der Waals surface area contributed by atoms with Gasteiger partial charge in [-0.3, -0.25) is 4.79 Å². The number of carbonyl (C=O) groups is 1. The van der Waals surface area contributed by atoms with Crippen LogP contribution < -0.4 is 0 Å². The van der Waals surface area contributed by atoms with Crippen LogP contribution in [-0.4, -0.2) is 22.1 Å². The maximum atomic E-state index is 12.2. The van der Waals surface area contributed by atoms with Crippen molar-refractivity contribution in [2.45, 2.75) is 71.3 Å². The summed E-state index contributed by atoms with van der Waals surface area (Å²) in [6.45, 7) is 4.68. The van der Waals surface area contributed by atoms with E-state index in [2.05, 4.69) is 13.8 Å². The minimum absolute atomic E-state index is 0.116. The molecule has 3 heteroatoms. The summed E-state index contributed by atoms with van der Waals surface area (Å²) in [5.41, 5.74) is 0.911. The molecule has 4 fully saturated rings. The maximum absolute atomic E-state index is 12.2. The van der Waals surface area contributed by atoms with Crippen molar-refractivity contribution >= 4 is 5.78 Å². The van der Waals surface area contributed by atoms with Crippen LogP contribution >= 0.6 is 0 Å². The molecule has 4 rings (SSSR count). The number of fused-ring (bicyclic) bond motifs is 5. The molecule has 23 heavy (non-hydrogen) atoms. The molecule has 0 bridgehead atoms. The number of aliphatic hydroxyl groups is 2. The number of ketones is 1. The van der Waals surface area contributed by atoms with Gasteiger partial charge in [0.2, 0.25) is 0 Å². The van der Waals surface area contributed by atoms with Crippen LogP contribution in [0.1, 0.15) is 65.2 Å². The quantitative estimate of drug-likeness (QED) is 0.524. The van der Waals surface area contributed by atoms with Gasteiger partial charge in [0.15, 0.2) is 5.78 Å². The van der Waals surface area contributed by atoms with Crippen LogP contribution in [0.15, 0.2) is 11.8 Å². The zero-order valence-electron chi connectivity index (χ0n) is 14.4. The van der Waals surface area contributed by atoms with E-state index in [1.165, 1.54) is 19.3 Å². The topological polar surface area (TPSA) is 57.5 Å². The highest BCUT2D eigenvalue weighted by Crippen LogP contribution is 2.66. The highest BCUT2D eigenvalue weighted by Gasteiger charge is 2.60. The van der Waals surface area contributed by atoms with Gasteiger partial charge in [0.1, 0.15) is 0 Å². The van der Waals surface area contributed by atoms with E-state index >= 15 is 0 Å². The monoisotopic (exact) mass is 318 g/mol. The number of hydrogen-bond donors (Lipinski definition) is 2. The normalized spacial score (nSPS) is 54.5. The lowest BCUT2D eigenvalue weighted by atomic mass is 9.45. The van der Waals surface area contributed by atoms with Gasteiger partial charge in [-0.05, 0) is 79.4 Å². The van der Waals surface area contributed by atoms with Gasteiger partial charge in [-0.1, -0.05) is 13.8 Å². The Kier molecular flexibility index (Phi) is 3.46. The first-order valence-corrected chi connectivity index (χ1v) is 9.44. The van der Waals surface area contributed by atoms with E-state index in [0.29, 0.717) is 35.7 Å². The predicted octanol–water partition coefficient (Wildman–Crippen LogP) is 4.01. The second kappa shape index (κ2) is 5.08. The number of hydrogen-bond acceptors (Lipinski definition) is 3. The van der Waals surface area contributed by atoms with Crippen molar-refractivity contribution in [3.8, 4) is 0 Å². The summed E-state index contributed by atoms with van der Waals surface area (Å²) < 4.78 is 0. The third-order valence-corrected chi connectivity index (χ3v) is 8.53. The van der Waals surface area contributed by atoms with E-state index in [4.69, 9.17) is 0 Å². The first kappa shape index (κ1) is 15.7. The summed E-state index contributed by atoms with van der Waals surface area (Å²) >= 11 is 0. The summed E-state index contributed by atoms with van der Waals surface area (Å²) in [6, 6.07) is 0. The Bertz CT molecular complexity index is 553. The Hall–Kier alpha value is -0.830. The molecule has 0 unspecified atom stereocenters. The number of carbonyl (C=O) groups excluding carboxylic acids is 1. The Balaban J connectivity index is 1.66. The van der Waals surface area contributed by atoms with Crippen LogP contribution in [0.4, 0.5) is 0 Å². The van der Waals surface area contributed by atoms with Gasteiger partial charge in [-0.15, -0.1) is 0 Å². The fourth-order valence-corrected chi connectivity index (χ4v) is 7.10. The fraction of sp³-hybridized carbons (Fsp3) is 0.850. The van der Waals surface area contributed by atoms with Gasteiger partial charge >= 0.3 is 0 Å². The Morgan fingerprint density at radius 2 is 1.78 bits per heavy atom. The molecule has 0 spiro atoms. The molecule has 7 atom stereocenters. The molecule has 0 aliphatic heterocycles. The van der Waals surface area contributed by atoms with Gasteiger partial charge in [0.05, 0.1) is 12.4 Å². The number of rotatable bonds is 0. The highest BCUT2D eigenvalue weighted by molar-refractivity contribution is 5.96.